The molecule has 0 aromatic carbocycles. The van der Waals surface area contributed by atoms with Gasteiger partial charge in [-0.2, -0.15) is 0 Å². The molecule has 0 atom stereocenters. The Morgan fingerprint density at radius 2 is 2.15 bits per heavy atom. The Morgan fingerprint density at radius 3 is 2.90 bits per heavy atom. The standard InChI is InChI=1S/C14H13BrN4S/c15-10-4-5-13(17-9-10)20-14-11(6-7-16)19-8-2-1-3-12(19)18-14/h1-5,8-9H,6-7,16H2. The summed E-state index contributed by atoms with van der Waals surface area (Å²) >= 11 is 4.96. The molecule has 3 aromatic heterocycles. The van der Waals surface area contributed by atoms with Crippen molar-refractivity contribution in [3.05, 3.63) is 52.9 Å². The normalized spacial score (nSPS) is 11.1. The molecule has 102 valence electrons. The molecule has 0 radical (unpaired) electrons. The van der Waals surface area contributed by atoms with E-state index in [-0.39, 0.29) is 0 Å². The fraction of sp³-hybridized carbons (Fsp3) is 0.143. The first kappa shape index (κ1) is 13.6. The van der Waals surface area contributed by atoms with Crippen molar-refractivity contribution in [2.45, 2.75) is 16.5 Å². The Hall–Kier alpha value is -1.37. The highest BCUT2D eigenvalue weighted by Crippen LogP contribution is 2.29. The van der Waals surface area contributed by atoms with Gasteiger partial charge in [0, 0.05) is 23.3 Å². The van der Waals surface area contributed by atoms with Crippen LogP contribution in [-0.2, 0) is 6.42 Å². The summed E-state index contributed by atoms with van der Waals surface area (Å²) in [6.07, 6.45) is 4.61. The quantitative estimate of drug-likeness (QED) is 0.786. The SMILES string of the molecule is NCCc1c(Sc2ccc(Br)cn2)nc2ccccn12. The van der Waals surface area contributed by atoms with Gasteiger partial charge in [-0.1, -0.05) is 6.07 Å². The van der Waals surface area contributed by atoms with Gasteiger partial charge in [0.25, 0.3) is 0 Å². The molecule has 0 aliphatic rings. The molecule has 0 aliphatic heterocycles. The first-order valence-corrected chi connectivity index (χ1v) is 7.84. The van der Waals surface area contributed by atoms with Gasteiger partial charge in [-0.3, -0.25) is 0 Å². The van der Waals surface area contributed by atoms with Crippen molar-refractivity contribution in [2.24, 2.45) is 5.73 Å². The Morgan fingerprint density at radius 1 is 1.25 bits per heavy atom. The summed E-state index contributed by atoms with van der Waals surface area (Å²) in [6.45, 7) is 0.601. The van der Waals surface area contributed by atoms with Crippen LogP contribution in [-0.4, -0.2) is 20.9 Å². The smallest absolute Gasteiger partial charge is 0.138 e. The predicted octanol–water partition coefficient (Wildman–Crippen LogP) is 3.14. The third kappa shape index (κ3) is 2.72. The lowest BCUT2D eigenvalue weighted by Crippen LogP contribution is -2.05. The number of hydrogen-bond acceptors (Lipinski definition) is 4. The third-order valence-electron chi connectivity index (χ3n) is 2.87. The largest absolute Gasteiger partial charge is 0.330 e. The van der Waals surface area contributed by atoms with Gasteiger partial charge in [-0.05, 0) is 58.5 Å². The van der Waals surface area contributed by atoms with E-state index in [2.05, 4.69) is 30.3 Å². The van der Waals surface area contributed by atoms with Gasteiger partial charge in [0.2, 0.25) is 0 Å². The maximum Gasteiger partial charge on any atom is 0.138 e. The topological polar surface area (TPSA) is 56.2 Å². The van der Waals surface area contributed by atoms with Crippen LogP contribution in [0.2, 0.25) is 0 Å². The van der Waals surface area contributed by atoms with Gasteiger partial charge in [0.05, 0.1) is 5.69 Å². The van der Waals surface area contributed by atoms with Crippen molar-refractivity contribution in [3.63, 3.8) is 0 Å². The summed E-state index contributed by atoms with van der Waals surface area (Å²) in [5.74, 6) is 0. The Balaban J connectivity index is 2.01. The van der Waals surface area contributed by atoms with Crippen molar-refractivity contribution in [1.29, 1.82) is 0 Å². The molecular formula is C14H13BrN4S. The van der Waals surface area contributed by atoms with Crippen LogP contribution in [0.15, 0.2) is 57.3 Å². The molecule has 0 unspecified atom stereocenters. The highest BCUT2D eigenvalue weighted by atomic mass is 79.9. The van der Waals surface area contributed by atoms with Crippen LogP contribution in [0.5, 0.6) is 0 Å². The van der Waals surface area contributed by atoms with Crippen LogP contribution in [0, 0.1) is 0 Å². The van der Waals surface area contributed by atoms with Gasteiger partial charge in [0.15, 0.2) is 0 Å². The minimum Gasteiger partial charge on any atom is -0.330 e. The molecule has 3 aromatic rings. The number of rotatable bonds is 4. The van der Waals surface area contributed by atoms with E-state index in [1.54, 1.807) is 18.0 Å². The second kappa shape index (κ2) is 5.95. The summed E-state index contributed by atoms with van der Waals surface area (Å²) in [6, 6.07) is 9.94. The minimum absolute atomic E-state index is 0.601. The van der Waals surface area contributed by atoms with Gasteiger partial charge < -0.3 is 10.1 Å². The molecule has 4 nitrogen and oxygen atoms in total. The van der Waals surface area contributed by atoms with Crippen molar-refractivity contribution in [1.82, 2.24) is 14.4 Å². The molecule has 0 spiro atoms. The van der Waals surface area contributed by atoms with Crippen LogP contribution in [0.4, 0.5) is 0 Å². The van der Waals surface area contributed by atoms with E-state index in [9.17, 15) is 0 Å². The number of aromatic nitrogens is 3. The van der Waals surface area contributed by atoms with E-state index in [1.165, 1.54) is 0 Å². The maximum atomic E-state index is 5.72. The van der Waals surface area contributed by atoms with Crippen molar-refractivity contribution in [3.8, 4) is 0 Å². The molecule has 0 amide bonds. The molecule has 0 bridgehead atoms. The second-order valence-corrected chi connectivity index (χ2v) is 6.17. The molecular weight excluding hydrogens is 336 g/mol. The molecule has 0 aliphatic carbocycles. The number of nitrogens with zero attached hydrogens (tertiary/aromatic N) is 3. The monoisotopic (exact) mass is 348 g/mol. The van der Waals surface area contributed by atoms with E-state index >= 15 is 0 Å². The Bertz CT molecular complexity index is 724. The van der Waals surface area contributed by atoms with Crippen molar-refractivity contribution in [2.75, 3.05) is 6.54 Å². The maximum absolute atomic E-state index is 5.72. The molecule has 0 saturated heterocycles. The number of hydrogen-bond donors (Lipinski definition) is 1. The fourth-order valence-corrected chi connectivity index (χ4v) is 3.12. The van der Waals surface area contributed by atoms with Crippen molar-refractivity contribution >= 4 is 33.3 Å². The lowest BCUT2D eigenvalue weighted by molar-refractivity contribution is 0.875. The van der Waals surface area contributed by atoms with E-state index in [4.69, 9.17) is 5.73 Å². The Kier molecular flexibility index (Phi) is 4.05. The lowest BCUT2D eigenvalue weighted by Gasteiger charge is -2.03. The number of fused-ring (bicyclic) bond motifs is 1. The number of pyridine rings is 2. The summed E-state index contributed by atoms with van der Waals surface area (Å²) in [7, 11) is 0. The van der Waals surface area contributed by atoms with Gasteiger partial charge in [-0.15, -0.1) is 0 Å². The molecule has 3 heterocycles. The minimum atomic E-state index is 0.601. The average Bonchev–Trinajstić information content (AvgIpc) is 2.80. The first-order valence-electron chi connectivity index (χ1n) is 6.23. The highest BCUT2D eigenvalue weighted by Gasteiger charge is 2.13. The molecule has 3 rings (SSSR count). The van der Waals surface area contributed by atoms with Gasteiger partial charge in [0.1, 0.15) is 15.7 Å². The number of halogens is 1. The van der Waals surface area contributed by atoms with E-state index in [0.29, 0.717) is 6.54 Å². The van der Waals surface area contributed by atoms with Crippen LogP contribution in [0.25, 0.3) is 5.65 Å². The average molecular weight is 349 g/mol. The van der Waals surface area contributed by atoms with E-state index < -0.39 is 0 Å². The van der Waals surface area contributed by atoms with E-state index in [1.807, 2.05) is 36.5 Å². The number of imidazole rings is 1. The molecule has 2 N–H and O–H groups in total. The van der Waals surface area contributed by atoms with Crippen LogP contribution in [0.1, 0.15) is 5.69 Å². The highest BCUT2D eigenvalue weighted by molar-refractivity contribution is 9.10. The number of nitrogens with two attached hydrogens (primary N) is 1. The summed E-state index contributed by atoms with van der Waals surface area (Å²) in [4.78, 5) is 9.05. The zero-order valence-corrected chi connectivity index (χ0v) is 13.1. The van der Waals surface area contributed by atoms with Gasteiger partial charge in [-0.25, -0.2) is 9.97 Å². The van der Waals surface area contributed by atoms with Crippen LogP contribution < -0.4 is 5.73 Å². The fourth-order valence-electron chi connectivity index (χ4n) is 1.99. The summed E-state index contributed by atoms with van der Waals surface area (Å²) < 4.78 is 3.06. The summed E-state index contributed by atoms with van der Waals surface area (Å²) in [5.41, 5.74) is 7.80. The lowest BCUT2D eigenvalue weighted by atomic mass is 10.3. The van der Waals surface area contributed by atoms with Crippen molar-refractivity contribution < 1.29 is 0 Å². The molecule has 20 heavy (non-hydrogen) atoms. The zero-order chi connectivity index (χ0) is 13.9. The summed E-state index contributed by atoms with van der Waals surface area (Å²) in [5, 5.41) is 1.89. The molecule has 0 fully saturated rings. The zero-order valence-electron chi connectivity index (χ0n) is 10.7. The predicted molar refractivity (Wildman–Crippen MR) is 84.0 cm³/mol. The molecule has 6 heteroatoms. The Labute approximate surface area is 129 Å². The van der Waals surface area contributed by atoms with Crippen LogP contribution in [0.3, 0.4) is 0 Å². The third-order valence-corrected chi connectivity index (χ3v) is 4.31. The van der Waals surface area contributed by atoms with Crippen LogP contribution >= 0.6 is 27.7 Å². The second-order valence-electron chi connectivity index (χ2n) is 4.25. The van der Waals surface area contributed by atoms with Gasteiger partial charge >= 0.3 is 0 Å². The first-order chi connectivity index (χ1) is 9.78. The van der Waals surface area contributed by atoms with E-state index in [0.717, 1.165) is 32.3 Å². The molecule has 0 saturated carbocycles.